The van der Waals surface area contributed by atoms with Gasteiger partial charge in [0.25, 0.3) is 10.0 Å². The molecule has 0 saturated heterocycles. The number of carbonyl (C=O) groups excluding carboxylic acids is 1. The predicted octanol–water partition coefficient (Wildman–Crippen LogP) is 1.83. The second-order valence-corrected chi connectivity index (χ2v) is 6.75. The summed E-state index contributed by atoms with van der Waals surface area (Å²) in [6.07, 6.45) is 3.92. The van der Waals surface area contributed by atoms with Gasteiger partial charge in [-0.15, -0.1) is 0 Å². The molecule has 1 aliphatic rings. The lowest BCUT2D eigenvalue weighted by Crippen LogP contribution is -2.39. The zero-order valence-electron chi connectivity index (χ0n) is 13.3. The zero-order valence-corrected chi connectivity index (χ0v) is 14.1. The number of rotatable bonds is 4. The molecule has 2 amide bonds. The van der Waals surface area contributed by atoms with Crippen LogP contribution < -0.4 is 20.5 Å². The molecule has 23 heavy (non-hydrogen) atoms. The first-order chi connectivity index (χ1) is 10.8. The molecule has 0 bridgehead atoms. The number of allylic oxidation sites excluding steroid dienone is 4. The highest BCUT2D eigenvalue weighted by Gasteiger charge is 2.18. The van der Waals surface area contributed by atoms with Crippen molar-refractivity contribution in [3.8, 4) is 0 Å². The molecule has 124 valence electrons. The lowest BCUT2D eigenvalue weighted by Gasteiger charge is -2.30. The molecule has 1 aromatic carbocycles. The second-order valence-electron chi connectivity index (χ2n) is 5.06. The van der Waals surface area contributed by atoms with Gasteiger partial charge in [0.15, 0.2) is 0 Å². The van der Waals surface area contributed by atoms with Crippen molar-refractivity contribution in [3.05, 3.63) is 47.8 Å². The Bertz CT molecular complexity index is 751. The maximum absolute atomic E-state index is 12.1. The average molecular weight is 336 g/mol. The summed E-state index contributed by atoms with van der Waals surface area (Å²) >= 11 is 0. The number of hydrogen-bond acceptors (Lipinski definition) is 5. The normalized spacial score (nSPS) is 14.5. The quantitative estimate of drug-likeness (QED) is 0.780. The van der Waals surface area contributed by atoms with Crippen LogP contribution in [0.15, 0.2) is 52.7 Å². The van der Waals surface area contributed by atoms with Crippen LogP contribution in [0, 0.1) is 0 Å². The van der Waals surface area contributed by atoms with E-state index in [9.17, 15) is 13.2 Å². The molecular formula is C15H20N4O3S. The van der Waals surface area contributed by atoms with Gasteiger partial charge in [-0.05, 0) is 57.2 Å². The van der Waals surface area contributed by atoms with Crippen LogP contribution in [0.25, 0.3) is 0 Å². The Morgan fingerprint density at radius 3 is 2.43 bits per heavy atom. The smallest absolute Gasteiger partial charge is 0.328 e. The van der Waals surface area contributed by atoms with Crippen molar-refractivity contribution in [1.82, 2.24) is 15.5 Å². The molecule has 0 spiro atoms. The van der Waals surface area contributed by atoms with Gasteiger partial charge in [0, 0.05) is 17.9 Å². The standard InChI is InChI=1S/C15H20N4O3S/c1-4-16-15(20)18-23(21,22)14-9-7-13(8-10-14)19-12(3)6-5-11(2)17-19/h5-10,17H,4H2,1-3H3,(H2,16,18,20). The number of carbonyl (C=O) groups is 1. The highest BCUT2D eigenvalue weighted by atomic mass is 32.2. The highest BCUT2D eigenvalue weighted by Crippen LogP contribution is 2.22. The lowest BCUT2D eigenvalue weighted by atomic mass is 10.2. The van der Waals surface area contributed by atoms with E-state index in [1.54, 1.807) is 19.1 Å². The summed E-state index contributed by atoms with van der Waals surface area (Å²) in [7, 11) is -3.88. The summed E-state index contributed by atoms with van der Waals surface area (Å²) in [5.41, 5.74) is 5.94. The van der Waals surface area contributed by atoms with Gasteiger partial charge in [0.1, 0.15) is 0 Å². The maximum atomic E-state index is 12.1. The molecular weight excluding hydrogens is 316 g/mol. The van der Waals surface area contributed by atoms with Gasteiger partial charge < -0.3 is 5.32 Å². The number of urea groups is 1. The molecule has 0 unspecified atom stereocenters. The molecule has 0 aromatic heterocycles. The molecule has 2 rings (SSSR count). The number of hydrazine groups is 1. The first kappa shape index (κ1) is 16.9. The van der Waals surface area contributed by atoms with Gasteiger partial charge in [-0.3, -0.25) is 10.4 Å². The fourth-order valence-electron chi connectivity index (χ4n) is 2.04. The van der Waals surface area contributed by atoms with Crippen LogP contribution in [0.3, 0.4) is 0 Å². The molecule has 0 saturated carbocycles. The minimum atomic E-state index is -3.88. The minimum absolute atomic E-state index is 0.0263. The number of sulfonamides is 1. The predicted molar refractivity (Wildman–Crippen MR) is 89.0 cm³/mol. The van der Waals surface area contributed by atoms with Crippen LogP contribution >= 0.6 is 0 Å². The first-order valence-electron chi connectivity index (χ1n) is 7.16. The van der Waals surface area contributed by atoms with Crippen LogP contribution in [0.5, 0.6) is 0 Å². The third kappa shape index (κ3) is 4.04. The first-order valence-corrected chi connectivity index (χ1v) is 8.64. The van der Waals surface area contributed by atoms with Crippen molar-refractivity contribution >= 4 is 21.7 Å². The van der Waals surface area contributed by atoms with Crippen molar-refractivity contribution in [1.29, 1.82) is 0 Å². The fourth-order valence-corrected chi connectivity index (χ4v) is 2.97. The van der Waals surface area contributed by atoms with E-state index in [1.807, 2.05) is 35.7 Å². The van der Waals surface area contributed by atoms with Crippen LogP contribution in [0.2, 0.25) is 0 Å². The van der Waals surface area contributed by atoms with E-state index in [0.29, 0.717) is 6.54 Å². The van der Waals surface area contributed by atoms with Gasteiger partial charge >= 0.3 is 6.03 Å². The van der Waals surface area contributed by atoms with Crippen LogP contribution in [0.4, 0.5) is 10.5 Å². The molecule has 0 aliphatic carbocycles. The number of hydrogen-bond donors (Lipinski definition) is 3. The van der Waals surface area contributed by atoms with Crippen molar-refractivity contribution < 1.29 is 13.2 Å². The Labute approximate surface area is 136 Å². The summed E-state index contributed by atoms with van der Waals surface area (Å²) in [6.45, 7) is 5.93. The largest absolute Gasteiger partial charge is 0.338 e. The van der Waals surface area contributed by atoms with E-state index in [-0.39, 0.29) is 4.90 Å². The summed E-state index contributed by atoms with van der Waals surface area (Å²) in [4.78, 5) is 11.4. The fraction of sp³-hybridized carbons (Fsp3) is 0.267. The molecule has 0 fully saturated rings. The average Bonchev–Trinajstić information content (AvgIpc) is 2.49. The number of benzene rings is 1. The molecule has 7 nitrogen and oxygen atoms in total. The Balaban J connectivity index is 2.18. The third-order valence-corrected chi connectivity index (χ3v) is 4.53. The summed E-state index contributed by atoms with van der Waals surface area (Å²) in [5, 5.41) is 4.23. The Morgan fingerprint density at radius 1 is 1.17 bits per heavy atom. The van der Waals surface area contributed by atoms with Crippen molar-refractivity contribution in [3.63, 3.8) is 0 Å². The van der Waals surface area contributed by atoms with Gasteiger partial charge in [-0.2, -0.15) is 0 Å². The summed E-state index contributed by atoms with van der Waals surface area (Å²) in [6, 6.07) is 5.53. The number of nitrogens with zero attached hydrogens (tertiary/aromatic N) is 1. The monoisotopic (exact) mass is 336 g/mol. The number of nitrogens with one attached hydrogen (secondary N) is 3. The van der Waals surface area contributed by atoms with E-state index in [1.165, 1.54) is 12.1 Å². The van der Waals surface area contributed by atoms with Gasteiger partial charge in [-0.1, -0.05) is 0 Å². The second kappa shape index (κ2) is 6.74. The van der Waals surface area contributed by atoms with Gasteiger partial charge in [0.2, 0.25) is 0 Å². The lowest BCUT2D eigenvalue weighted by molar-refractivity contribution is 0.246. The maximum Gasteiger partial charge on any atom is 0.328 e. The van der Waals surface area contributed by atoms with Crippen molar-refractivity contribution in [2.45, 2.75) is 25.7 Å². The van der Waals surface area contributed by atoms with Crippen LogP contribution in [0.1, 0.15) is 20.8 Å². The topological polar surface area (TPSA) is 90.5 Å². The van der Waals surface area contributed by atoms with E-state index in [4.69, 9.17) is 0 Å². The Hall–Kier alpha value is -2.48. The van der Waals surface area contributed by atoms with Crippen LogP contribution in [-0.4, -0.2) is 21.0 Å². The molecule has 1 aliphatic heterocycles. The zero-order chi connectivity index (χ0) is 17.0. The van der Waals surface area contributed by atoms with E-state index >= 15 is 0 Å². The Kier molecular flexibility index (Phi) is 4.95. The van der Waals surface area contributed by atoms with Crippen LogP contribution in [-0.2, 0) is 10.0 Å². The van der Waals surface area contributed by atoms with E-state index < -0.39 is 16.1 Å². The molecule has 3 N–H and O–H groups in total. The van der Waals surface area contributed by atoms with Crippen molar-refractivity contribution in [2.75, 3.05) is 11.6 Å². The van der Waals surface area contributed by atoms with Gasteiger partial charge in [-0.25, -0.2) is 17.9 Å². The summed E-state index contributed by atoms with van der Waals surface area (Å²) < 4.78 is 26.2. The number of anilines is 1. The minimum Gasteiger partial charge on any atom is -0.338 e. The van der Waals surface area contributed by atoms with Gasteiger partial charge in [0.05, 0.1) is 10.6 Å². The molecule has 8 heteroatoms. The van der Waals surface area contributed by atoms with E-state index in [2.05, 4.69) is 10.7 Å². The molecule has 0 radical (unpaired) electrons. The SMILES string of the molecule is CCNC(=O)NS(=O)(=O)c1ccc(N2NC(C)=CC=C2C)cc1. The Morgan fingerprint density at radius 2 is 1.83 bits per heavy atom. The highest BCUT2D eigenvalue weighted by molar-refractivity contribution is 7.90. The molecule has 1 aromatic rings. The molecule has 1 heterocycles. The van der Waals surface area contributed by atoms with E-state index in [0.717, 1.165) is 17.1 Å². The summed E-state index contributed by atoms with van der Waals surface area (Å²) in [5.74, 6) is 0. The molecule has 0 atom stereocenters. The third-order valence-electron chi connectivity index (χ3n) is 3.19. The van der Waals surface area contributed by atoms with Crippen molar-refractivity contribution in [2.24, 2.45) is 0 Å². The number of amides is 2.